The Morgan fingerprint density at radius 3 is 2.54 bits per heavy atom. The van der Waals surface area contributed by atoms with Gasteiger partial charge in [0.15, 0.2) is 11.5 Å². The highest BCUT2D eigenvalue weighted by molar-refractivity contribution is 9.10. The van der Waals surface area contributed by atoms with E-state index in [4.69, 9.17) is 14.2 Å². The van der Waals surface area contributed by atoms with Gasteiger partial charge in [0.05, 0.1) is 37.0 Å². The number of halogens is 1. The zero-order chi connectivity index (χ0) is 20.3. The van der Waals surface area contributed by atoms with Crippen molar-refractivity contribution in [3.8, 4) is 28.5 Å². The van der Waals surface area contributed by atoms with Crippen LogP contribution in [0.25, 0.3) is 22.2 Å². The van der Waals surface area contributed by atoms with E-state index >= 15 is 0 Å². The van der Waals surface area contributed by atoms with Crippen molar-refractivity contribution < 1.29 is 24.1 Å². The first-order valence-corrected chi connectivity index (χ1v) is 9.49. The molecule has 3 aromatic rings. The standard InChI is InChI=1S/C21H20BrNO5/c1-4-8-28-20-15(22)9-12(10-18(20)27-3)16-11-14(21(24)25)13-6-5-7-17(26-2)19(13)23-16/h5-7,9-11H,4,8H2,1-3H3,(H,24,25)/p-1. The Hall–Kier alpha value is -2.80. The van der Waals surface area contributed by atoms with Gasteiger partial charge in [0.25, 0.3) is 0 Å². The van der Waals surface area contributed by atoms with E-state index in [9.17, 15) is 9.90 Å². The Morgan fingerprint density at radius 2 is 1.89 bits per heavy atom. The van der Waals surface area contributed by atoms with Crippen LogP contribution in [0.4, 0.5) is 0 Å². The van der Waals surface area contributed by atoms with Gasteiger partial charge in [0, 0.05) is 16.5 Å². The van der Waals surface area contributed by atoms with Gasteiger partial charge in [-0.2, -0.15) is 0 Å². The first kappa shape index (κ1) is 19.9. The van der Waals surface area contributed by atoms with Crippen molar-refractivity contribution in [1.82, 2.24) is 4.98 Å². The van der Waals surface area contributed by atoms with Crippen LogP contribution < -0.4 is 19.3 Å². The Bertz CT molecular complexity index is 1030. The molecule has 0 radical (unpaired) electrons. The number of ether oxygens (including phenoxy) is 3. The minimum absolute atomic E-state index is 0.0419. The molecule has 2 aromatic carbocycles. The molecule has 0 bridgehead atoms. The molecule has 0 saturated carbocycles. The molecule has 0 saturated heterocycles. The van der Waals surface area contributed by atoms with Crippen LogP contribution in [0.3, 0.4) is 0 Å². The van der Waals surface area contributed by atoms with E-state index < -0.39 is 5.97 Å². The first-order chi connectivity index (χ1) is 13.5. The summed E-state index contributed by atoms with van der Waals surface area (Å²) in [5.41, 5.74) is 1.61. The van der Waals surface area contributed by atoms with Gasteiger partial charge in [-0.1, -0.05) is 19.1 Å². The van der Waals surface area contributed by atoms with E-state index in [1.54, 1.807) is 31.4 Å². The molecule has 0 fully saturated rings. The fraction of sp³-hybridized carbons (Fsp3) is 0.238. The summed E-state index contributed by atoms with van der Waals surface area (Å²) >= 11 is 3.51. The predicted octanol–water partition coefficient (Wildman–Crippen LogP) is 3.83. The molecule has 0 unspecified atom stereocenters. The van der Waals surface area contributed by atoms with Gasteiger partial charge in [-0.3, -0.25) is 0 Å². The number of carbonyl (C=O) groups excluding carboxylic acids is 1. The fourth-order valence-corrected chi connectivity index (χ4v) is 3.47. The average molecular weight is 445 g/mol. The molecule has 7 heteroatoms. The van der Waals surface area contributed by atoms with E-state index in [0.29, 0.717) is 50.5 Å². The Kier molecular flexibility index (Phi) is 6.04. The van der Waals surface area contributed by atoms with Crippen LogP contribution >= 0.6 is 15.9 Å². The highest BCUT2D eigenvalue weighted by Gasteiger charge is 2.16. The van der Waals surface area contributed by atoms with E-state index in [1.165, 1.54) is 13.2 Å². The molecule has 0 aliphatic heterocycles. The lowest BCUT2D eigenvalue weighted by Gasteiger charge is -2.16. The molecular formula is C21H19BrNO5-. The van der Waals surface area contributed by atoms with Crippen LogP contribution in [-0.2, 0) is 0 Å². The summed E-state index contributed by atoms with van der Waals surface area (Å²) in [6, 6.07) is 10.2. The second kappa shape index (κ2) is 8.48. The lowest BCUT2D eigenvalue weighted by atomic mass is 10.0. The van der Waals surface area contributed by atoms with Crippen LogP contribution in [-0.4, -0.2) is 31.8 Å². The van der Waals surface area contributed by atoms with Crippen molar-refractivity contribution in [3.63, 3.8) is 0 Å². The van der Waals surface area contributed by atoms with Gasteiger partial charge in [0.1, 0.15) is 11.3 Å². The summed E-state index contributed by atoms with van der Waals surface area (Å²) in [6.07, 6.45) is 0.859. The maximum absolute atomic E-state index is 11.7. The van der Waals surface area contributed by atoms with E-state index in [-0.39, 0.29) is 5.56 Å². The smallest absolute Gasteiger partial charge is 0.175 e. The number of carboxylic acid groups (broad SMARTS) is 1. The molecular weight excluding hydrogens is 426 g/mol. The topological polar surface area (TPSA) is 80.7 Å². The number of rotatable bonds is 7. The quantitative estimate of drug-likeness (QED) is 0.550. The van der Waals surface area contributed by atoms with Crippen LogP contribution in [0.5, 0.6) is 17.2 Å². The molecule has 6 nitrogen and oxygen atoms in total. The number of nitrogens with zero attached hydrogens (tertiary/aromatic N) is 1. The Balaban J connectivity index is 2.23. The van der Waals surface area contributed by atoms with Crippen molar-refractivity contribution in [2.75, 3.05) is 20.8 Å². The van der Waals surface area contributed by atoms with Crippen molar-refractivity contribution >= 4 is 32.8 Å². The van der Waals surface area contributed by atoms with Gasteiger partial charge >= 0.3 is 0 Å². The summed E-state index contributed by atoms with van der Waals surface area (Å²) in [5.74, 6) is 0.313. The lowest BCUT2D eigenvalue weighted by molar-refractivity contribution is -0.254. The molecule has 0 aliphatic rings. The number of pyridine rings is 1. The zero-order valence-corrected chi connectivity index (χ0v) is 17.3. The number of fused-ring (bicyclic) bond motifs is 1. The summed E-state index contributed by atoms with van der Waals surface area (Å²) in [7, 11) is 3.06. The SMILES string of the molecule is CCCOc1c(Br)cc(-c2cc(C(=O)[O-])c3cccc(OC)c3n2)cc1OC. The zero-order valence-electron chi connectivity index (χ0n) is 15.7. The fourth-order valence-electron chi connectivity index (χ4n) is 2.92. The number of carbonyl (C=O) groups is 1. The molecule has 0 amide bonds. The van der Waals surface area contributed by atoms with E-state index in [2.05, 4.69) is 20.9 Å². The minimum atomic E-state index is -1.28. The summed E-state index contributed by atoms with van der Waals surface area (Å²) < 4.78 is 17.3. The van der Waals surface area contributed by atoms with E-state index in [0.717, 1.165) is 6.42 Å². The van der Waals surface area contributed by atoms with Crippen LogP contribution in [0.2, 0.25) is 0 Å². The van der Waals surface area contributed by atoms with Gasteiger partial charge < -0.3 is 24.1 Å². The van der Waals surface area contributed by atoms with E-state index in [1.807, 2.05) is 13.0 Å². The second-order valence-corrected chi connectivity index (χ2v) is 6.89. The number of carboxylic acids is 1. The van der Waals surface area contributed by atoms with Crippen molar-refractivity contribution in [3.05, 3.63) is 46.4 Å². The third-order valence-corrected chi connectivity index (χ3v) is 4.81. The molecule has 1 heterocycles. The summed E-state index contributed by atoms with van der Waals surface area (Å²) in [5, 5.41) is 12.2. The third-order valence-electron chi connectivity index (χ3n) is 4.22. The van der Waals surface area contributed by atoms with Gasteiger partial charge in [-0.25, -0.2) is 4.98 Å². The van der Waals surface area contributed by atoms with Crippen molar-refractivity contribution in [2.24, 2.45) is 0 Å². The number of aromatic carboxylic acids is 1. The summed E-state index contributed by atoms with van der Waals surface area (Å²) in [4.78, 5) is 16.4. The minimum Gasteiger partial charge on any atom is -0.545 e. The van der Waals surface area contributed by atoms with Gasteiger partial charge in [-0.05, 0) is 46.6 Å². The lowest BCUT2D eigenvalue weighted by Crippen LogP contribution is -2.22. The molecule has 0 N–H and O–H groups in total. The monoisotopic (exact) mass is 444 g/mol. The van der Waals surface area contributed by atoms with Crippen molar-refractivity contribution in [2.45, 2.75) is 13.3 Å². The Labute approximate surface area is 171 Å². The molecule has 0 aliphatic carbocycles. The number of methoxy groups -OCH3 is 2. The van der Waals surface area contributed by atoms with Crippen LogP contribution in [0.1, 0.15) is 23.7 Å². The molecule has 146 valence electrons. The van der Waals surface area contributed by atoms with Crippen molar-refractivity contribution in [1.29, 1.82) is 0 Å². The highest BCUT2D eigenvalue weighted by Crippen LogP contribution is 2.40. The van der Waals surface area contributed by atoms with Gasteiger partial charge in [0.2, 0.25) is 0 Å². The maximum Gasteiger partial charge on any atom is 0.175 e. The summed E-state index contributed by atoms with van der Waals surface area (Å²) in [6.45, 7) is 2.57. The molecule has 28 heavy (non-hydrogen) atoms. The third kappa shape index (κ3) is 3.75. The predicted molar refractivity (Wildman–Crippen MR) is 108 cm³/mol. The number of hydrogen-bond donors (Lipinski definition) is 0. The molecule has 0 atom stereocenters. The number of hydrogen-bond acceptors (Lipinski definition) is 6. The average Bonchev–Trinajstić information content (AvgIpc) is 2.70. The molecule has 3 rings (SSSR count). The highest BCUT2D eigenvalue weighted by atomic mass is 79.9. The first-order valence-electron chi connectivity index (χ1n) is 8.70. The molecule has 0 spiro atoms. The van der Waals surface area contributed by atoms with Gasteiger partial charge in [-0.15, -0.1) is 0 Å². The number of aromatic nitrogens is 1. The molecule has 1 aromatic heterocycles. The maximum atomic E-state index is 11.7. The van der Waals surface area contributed by atoms with Crippen LogP contribution in [0, 0.1) is 0 Å². The number of benzene rings is 2. The number of para-hydroxylation sites is 1. The normalized spacial score (nSPS) is 10.7. The second-order valence-electron chi connectivity index (χ2n) is 6.04. The van der Waals surface area contributed by atoms with Crippen LogP contribution in [0.15, 0.2) is 40.9 Å². The largest absolute Gasteiger partial charge is 0.545 e. The Morgan fingerprint density at radius 1 is 1.14 bits per heavy atom.